The van der Waals surface area contributed by atoms with Gasteiger partial charge in [-0.2, -0.15) is 5.10 Å². The molecule has 0 aliphatic carbocycles. The first-order valence-electron chi connectivity index (χ1n) is 5.86. The molecule has 0 saturated heterocycles. The van der Waals surface area contributed by atoms with Crippen LogP contribution in [0, 0.1) is 5.82 Å². The predicted octanol–water partition coefficient (Wildman–Crippen LogP) is 1.39. The van der Waals surface area contributed by atoms with Crippen LogP contribution in [0.2, 0.25) is 0 Å². The zero-order chi connectivity index (χ0) is 14.0. The highest BCUT2D eigenvalue weighted by molar-refractivity contribution is 5.91. The Balaban J connectivity index is 2.53. The molecule has 0 aliphatic rings. The molecule has 6 heteroatoms. The lowest BCUT2D eigenvalue weighted by molar-refractivity contribution is 0.0957. The lowest BCUT2D eigenvalue weighted by Crippen LogP contribution is -2.19. The highest BCUT2D eigenvalue weighted by Gasteiger charge is 2.16. The summed E-state index contributed by atoms with van der Waals surface area (Å²) in [6.07, 6.45) is 1.54. The topological polar surface area (TPSA) is 72.9 Å². The van der Waals surface area contributed by atoms with Crippen LogP contribution in [0.4, 0.5) is 4.39 Å². The lowest BCUT2D eigenvalue weighted by atomic mass is 10.1. The van der Waals surface area contributed by atoms with E-state index in [1.54, 1.807) is 19.1 Å². The Hall–Kier alpha value is -2.21. The van der Waals surface area contributed by atoms with E-state index in [-0.39, 0.29) is 23.3 Å². The van der Waals surface area contributed by atoms with Crippen LogP contribution in [-0.2, 0) is 0 Å². The number of carbonyl (C=O) groups is 1. The Morgan fingerprint density at radius 3 is 2.84 bits per heavy atom. The number of nitrogens with two attached hydrogens (primary N) is 1. The minimum Gasteiger partial charge on any atom is -0.354 e. The van der Waals surface area contributed by atoms with Gasteiger partial charge in [0.1, 0.15) is 11.5 Å². The predicted molar refractivity (Wildman–Crippen MR) is 69.5 cm³/mol. The van der Waals surface area contributed by atoms with Gasteiger partial charge in [0.2, 0.25) is 0 Å². The summed E-state index contributed by atoms with van der Waals surface area (Å²) in [5.74, 6) is -0.751. The van der Waals surface area contributed by atoms with Crippen LogP contribution in [0.15, 0.2) is 30.5 Å². The summed E-state index contributed by atoms with van der Waals surface area (Å²) >= 11 is 0. The van der Waals surface area contributed by atoms with Crippen LogP contribution in [0.3, 0.4) is 0 Å². The van der Waals surface area contributed by atoms with Gasteiger partial charge in [0.05, 0.1) is 0 Å². The monoisotopic (exact) mass is 262 g/mol. The smallest absolute Gasteiger partial charge is 0.271 e. The van der Waals surface area contributed by atoms with Gasteiger partial charge in [-0.25, -0.2) is 9.07 Å². The molecule has 5 nitrogen and oxygen atoms in total. The summed E-state index contributed by atoms with van der Waals surface area (Å²) in [6, 6.07) is 5.86. The molecule has 0 fully saturated rings. The van der Waals surface area contributed by atoms with Crippen LogP contribution in [0.5, 0.6) is 0 Å². The van der Waals surface area contributed by atoms with E-state index < -0.39 is 5.82 Å². The third-order valence-corrected chi connectivity index (χ3v) is 2.79. The third-order valence-electron chi connectivity index (χ3n) is 2.79. The lowest BCUT2D eigenvalue weighted by Gasteiger charge is -2.13. The largest absolute Gasteiger partial charge is 0.354 e. The van der Waals surface area contributed by atoms with Crippen molar-refractivity contribution in [3.63, 3.8) is 0 Å². The number of rotatable bonds is 3. The van der Waals surface area contributed by atoms with E-state index in [2.05, 4.69) is 10.4 Å². The van der Waals surface area contributed by atoms with Crippen molar-refractivity contribution >= 4 is 5.91 Å². The number of nitrogens with zero attached hydrogens (tertiary/aromatic N) is 2. The van der Waals surface area contributed by atoms with E-state index in [0.29, 0.717) is 5.56 Å². The van der Waals surface area contributed by atoms with Gasteiger partial charge >= 0.3 is 0 Å². The summed E-state index contributed by atoms with van der Waals surface area (Å²) in [4.78, 5) is 11.5. The third kappa shape index (κ3) is 2.48. The maximum absolute atomic E-state index is 14.0. The Bertz CT molecular complexity index is 606. The molecule has 3 N–H and O–H groups in total. The molecule has 0 saturated carbocycles. The SMILES string of the molecule is CNC(=O)c1ccn(-c2c(F)cccc2[C@@H](C)N)n1. The van der Waals surface area contributed by atoms with E-state index in [9.17, 15) is 9.18 Å². The quantitative estimate of drug-likeness (QED) is 0.878. The van der Waals surface area contributed by atoms with Gasteiger partial charge in [-0.3, -0.25) is 4.79 Å². The first-order valence-corrected chi connectivity index (χ1v) is 5.86. The first kappa shape index (κ1) is 13.2. The van der Waals surface area contributed by atoms with Crippen molar-refractivity contribution in [3.8, 4) is 5.69 Å². The van der Waals surface area contributed by atoms with Crippen molar-refractivity contribution in [2.24, 2.45) is 5.73 Å². The second-order valence-electron chi connectivity index (χ2n) is 4.19. The Kier molecular flexibility index (Phi) is 3.62. The number of benzene rings is 1. The molecule has 1 amide bonds. The molecule has 1 heterocycles. The molecular formula is C13H15FN4O. The van der Waals surface area contributed by atoms with E-state index >= 15 is 0 Å². The fourth-order valence-electron chi connectivity index (χ4n) is 1.84. The van der Waals surface area contributed by atoms with Gasteiger partial charge in [-0.15, -0.1) is 0 Å². The van der Waals surface area contributed by atoms with Gasteiger partial charge < -0.3 is 11.1 Å². The van der Waals surface area contributed by atoms with Crippen molar-refractivity contribution in [2.75, 3.05) is 7.05 Å². The average Bonchev–Trinajstić information content (AvgIpc) is 2.86. The Morgan fingerprint density at radius 1 is 1.47 bits per heavy atom. The van der Waals surface area contributed by atoms with Gasteiger partial charge in [-0.05, 0) is 24.6 Å². The highest BCUT2D eigenvalue weighted by atomic mass is 19.1. The van der Waals surface area contributed by atoms with Crippen LogP contribution in [0.1, 0.15) is 29.0 Å². The number of halogens is 1. The highest BCUT2D eigenvalue weighted by Crippen LogP contribution is 2.22. The standard InChI is InChI=1S/C13H15FN4O/c1-8(15)9-4-3-5-10(14)12(9)18-7-6-11(17-18)13(19)16-2/h3-8H,15H2,1-2H3,(H,16,19)/t8-/m1/s1. The molecule has 1 atom stereocenters. The zero-order valence-corrected chi connectivity index (χ0v) is 10.7. The molecule has 0 aliphatic heterocycles. The summed E-state index contributed by atoms with van der Waals surface area (Å²) in [5.41, 5.74) is 6.95. The van der Waals surface area contributed by atoms with E-state index in [1.165, 1.54) is 30.1 Å². The number of hydrogen-bond acceptors (Lipinski definition) is 3. The van der Waals surface area contributed by atoms with Gasteiger partial charge in [0.25, 0.3) is 5.91 Å². The molecule has 0 radical (unpaired) electrons. The van der Waals surface area contributed by atoms with Crippen molar-refractivity contribution in [1.29, 1.82) is 0 Å². The molecule has 100 valence electrons. The van der Waals surface area contributed by atoms with Gasteiger partial charge in [0.15, 0.2) is 5.69 Å². The number of amides is 1. The average molecular weight is 262 g/mol. The van der Waals surface area contributed by atoms with Crippen molar-refractivity contribution in [3.05, 3.63) is 47.5 Å². The zero-order valence-electron chi connectivity index (χ0n) is 10.7. The van der Waals surface area contributed by atoms with Gasteiger partial charge in [0, 0.05) is 19.3 Å². The summed E-state index contributed by atoms with van der Waals surface area (Å²) in [5, 5.41) is 6.53. The fraction of sp³-hybridized carbons (Fsp3) is 0.231. The van der Waals surface area contributed by atoms with Crippen molar-refractivity contribution in [1.82, 2.24) is 15.1 Å². The second-order valence-corrected chi connectivity index (χ2v) is 4.19. The molecule has 0 unspecified atom stereocenters. The van der Waals surface area contributed by atoms with Crippen LogP contribution < -0.4 is 11.1 Å². The van der Waals surface area contributed by atoms with E-state index in [1.807, 2.05) is 0 Å². The van der Waals surface area contributed by atoms with Crippen LogP contribution in [-0.4, -0.2) is 22.7 Å². The second kappa shape index (κ2) is 5.19. The fourth-order valence-corrected chi connectivity index (χ4v) is 1.84. The summed E-state index contributed by atoms with van der Waals surface area (Å²) in [6.45, 7) is 1.77. The molecule has 19 heavy (non-hydrogen) atoms. The normalized spacial score (nSPS) is 12.2. The van der Waals surface area contributed by atoms with Crippen LogP contribution in [0.25, 0.3) is 5.69 Å². The summed E-state index contributed by atoms with van der Waals surface area (Å²) < 4.78 is 15.3. The van der Waals surface area contributed by atoms with Gasteiger partial charge in [-0.1, -0.05) is 12.1 Å². The van der Waals surface area contributed by atoms with Crippen LogP contribution >= 0.6 is 0 Å². The number of para-hydroxylation sites is 1. The Morgan fingerprint density at radius 2 is 2.21 bits per heavy atom. The molecule has 2 rings (SSSR count). The number of aromatic nitrogens is 2. The maximum Gasteiger partial charge on any atom is 0.271 e. The number of carbonyl (C=O) groups excluding carboxylic acids is 1. The minimum absolute atomic E-state index is 0.223. The number of nitrogens with one attached hydrogen (secondary N) is 1. The van der Waals surface area contributed by atoms with Crippen molar-refractivity contribution < 1.29 is 9.18 Å². The van der Waals surface area contributed by atoms with Crippen molar-refractivity contribution in [2.45, 2.75) is 13.0 Å². The molecular weight excluding hydrogens is 247 g/mol. The molecule has 1 aromatic carbocycles. The first-order chi connectivity index (χ1) is 9.04. The molecule has 2 aromatic rings. The minimum atomic E-state index is -0.429. The van der Waals surface area contributed by atoms with E-state index in [4.69, 9.17) is 5.73 Å². The molecule has 0 spiro atoms. The molecule has 0 bridgehead atoms. The Labute approximate surface area is 110 Å². The van der Waals surface area contributed by atoms with E-state index in [0.717, 1.165) is 0 Å². The molecule has 1 aromatic heterocycles. The maximum atomic E-state index is 14.0. The summed E-state index contributed by atoms with van der Waals surface area (Å²) in [7, 11) is 1.51. The number of hydrogen-bond donors (Lipinski definition) is 2.